The molecule has 1 aromatic heterocycles. The molecule has 1 N–H and O–H groups in total. The number of carbonyl (C=O) groups is 1. The van der Waals surface area contributed by atoms with Crippen LogP contribution in [0.25, 0.3) is 42.1 Å². The van der Waals surface area contributed by atoms with Gasteiger partial charge in [0.1, 0.15) is 5.75 Å². The highest BCUT2D eigenvalue weighted by molar-refractivity contribution is 7.26. The lowest BCUT2D eigenvalue weighted by molar-refractivity contribution is -0.145. The molecular formula is C31H22O3S. The first kappa shape index (κ1) is 21.4. The van der Waals surface area contributed by atoms with E-state index in [1.54, 1.807) is 0 Å². The molecule has 0 aliphatic rings. The standard InChI is InChI=1S/C31H22O3S/c32-31(33)26(18-20-8-2-1-3-9-20)34-23-16-14-21(15-17-23)29-24-11-5-4-10-22(24)19-28-30(29)25-12-6-7-13-27(25)35-28/h1-17,19,26H,18H2,(H,32,33)/t26-/m1/s1. The van der Waals surface area contributed by atoms with Crippen LogP contribution in [0.3, 0.4) is 0 Å². The number of benzene rings is 5. The minimum atomic E-state index is -0.974. The Labute approximate surface area is 206 Å². The fourth-order valence-electron chi connectivity index (χ4n) is 4.72. The molecule has 5 aromatic carbocycles. The van der Waals surface area contributed by atoms with Crippen LogP contribution in [-0.4, -0.2) is 17.2 Å². The van der Waals surface area contributed by atoms with Gasteiger partial charge >= 0.3 is 5.97 Å². The van der Waals surface area contributed by atoms with Crippen molar-refractivity contribution < 1.29 is 14.6 Å². The summed E-state index contributed by atoms with van der Waals surface area (Å²) in [7, 11) is 0. The maximum atomic E-state index is 11.9. The molecule has 1 heterocycles. The van der Waals surface area contributed by atoms with E-state index in [-0.39, 0.29) is 0 Å². The van der Waals surface area contributed by atoms with Gasteiger partial charge in [0.2, 0.25) is 0 Å². The van der Waals surface area contributed by atoms with Crippen molar-refractivity contribution in [1.82, 2.24) is 0 Å². The van der Waals surface area contributed by atoms with Crippen LogP contribution in [-0.2, 0) is 11.2 Å². The topological polar surface area (TPSA) is 46.5 Å². The highest BCUT2D eigenvalue weighted by Gasteiger charge is 2.20. The molecule has 4 heteroatoms. The van der Waals surface area contributed by atoms with Crippen molar-refractivity contribution in [2.75, 3.05) is 0 Å². The SMILES string of the molecule is O=C(O)[C@@H](Cc1ccccc1)Oc1ccc(-c2c3ccccc3cc3sc4ccccc4c23)cc1. The Bertz CT molecular complexity index is 1670. The van der Waals surface area contributed by atoms with Crippen LogP contribution in [0.4, 0.5) is 0 Å². The van der Waals surface area contributed by atoms with Crippen molar-refractivity contribution in [2.45, 2.75) is 12.5 Å². The molecule has 35 heavy (non-hydrogen) atoms. The van der Waals surface area contributed by atoms with Crippen molar-refractivity contribution in [2.24, 2.45) is 0 Å². The summed E-state index contributed by atoms with van der Waals surface area (Å²) in [4.78, 5) is 11.9. The van der Waals surface area contributed by atoms with E-state index in [4.69, 9.17) is 4.74 Å². The van der Waals surface area contributed by atoms with E-state index in [9.17, 15) is 9.90 Å². The van der Waals surface area contributed by atoms with E-state index in [1.807, 2.05) is 65.9 Å². The van der Waals surface area contributed by atoms with Gasteiger partial charge in [-0.05, 0) is 51.7 Å². The molecule has 0 amide bonds. The molecular weight excluding hydrogens is 452 g/mol. The van der Waals surface area contributed by atoms with Gasteiger partial charge in [-0.3, -0.25) is 0 Å². The van der Waals surface area contributed by atoms with Gasteiger partial charge < -0.3 is 9.84 Å². The summed E-state index contributed by atoms with van der Waals surface area (Å²) in [6, 6.07) is 36.6. The summed E-state index contributed by atoms with van der Waals surface area (Å²) in [6.07, 6.45) is -0.642. The van der Waals surface area contributed by atoms with Crippen LogP contribution < -0.4 is 4.74 Å². The fourth-order valence-corrected chi connectivity index (χ4v) is 5.89. The number of carboxylic acids is 1. The number of fused-ring (bicyclic) bond motifs is 4. The van der Waals surface area contributed by atoms with Crippen LogP contribution in [0.2, 0.25) is 0 Å². The Kier molecular flexibility index (Phi) is 5.44. The lowest BCUT2D eigenvalue weighted by atomic mass is 9.93. The minimum Gasteiger partial charge on any atom is -0.478 e. The smallest absolute Gasteiger partial charge is 0.345 e. The van der Waals surface area contributed by atoms with Gasteiger partial charge in [-0.25, -0.2) is 4.79 Å². The van der Waals surface area contributed by atoms with Gasteiger partial charge in [0.25, 0.3) is 0 Å². The average Bonchev–Trinajstić information content (AvgIpc) is 3.26. The summed E-state index contributed by atoms with van der Waals surface area (Å²) in [6.45, 7) is 0. The van der Waals surface area contributed by atoms with E-state index in [0.717, 1.165) is 11.1 Å². The third kappa shape index (κ3) is 4.02. The summed E-state index contributed by atoms with van der Waals surface area (Å²) < 4.78 is 8.43. The second kappa shape index (κ2) is 8.90. The highest BCUT2D eigenvalue weighted by atomic mass is 32.1. The zero-order valence-electron chi connectivity index (χ0n) is 18.8. The van der Waals surface area contributed by atoms with Crippen LogP contribution in [0.1, 0.15) is 5.56 Å². The number of thiophene rings is 1. The summed E-state index contributed by atoms with van der Waals surface area (Å²) in [5, 5.41) is 14.6. The molecule has 170 valence electrons. The molecule has 0 radical (unpaired) electrons. The Balaban J connectivity index is 1.42. The summed E-state index contributed by atoms with van der Waals surface area (Å²) in [5.74, 6) is -0.429. The fraction of sp³-hybridized carbons (Fsp3) is 0.0645. The van der Waals surface area contributed by atoms with E-state index in [0.29, 0.717) is 12.2 Å². The molecule has 0 saturated carbocycles. The van der Waals surface area contributed by atoms with Crippen molar-refractivity contribution in [3.63, 3.8) is 0 Å². The molecule has 0 spiro atoms. The minimum absolute atomic E-state index is 0.308. The van der Waals surface area contributed by atoms with Crippen molar-refractivity contribution in [1.29, 1.82) is 0 Å². The number of ether oxygens (including phenoxy) is 1. The van der Waals surface area contributed by atoms with Gasteiger partial charge in [0.15, 0.2) is 6.10 Å². The first-order valence-corrected chi connectivity index (χ1v) is 12.4. The number of hydrogen-bond acceptors (Lipinski definition) is 3. The third-order valence-corrected chi connectivity index (χ3v) is 7.47. The highest BCUT2D eigenvalue weighted by Crippen LogP contribution is 2.44. The largest absolute Gasteiger partial charge is 0.478 e. The molecule has 3 nitrogen and oxygen atoms in total. The van der Waals surface area contributed by atoms with Crippen LogP contribution in [0.15, 0.2) is 109 Å². The monoisotopic (exact) mass is 474 g/mol. The van der Waals surface area contributed by atoms with Crippen molar-refractivity contribution >= 4 is 48.3 Å². The Morgan fingerprint density at radius 3 is 2.23 bits per heavy atom. The molecule has 6 rings (SSSR count). The third-order valence-electron chi connectivity index (χ3n) is 6.35. The molecule has 0 fully saturated rings. The lowest BCUT2D eigenvalue weighted by Crippen LogP contribution is -2.29. The Hall–Kier alpha value is -4.15. The van der Waals surface area contributed by atoms with E-state index >= 15 is 0 Å². The molecule has 1 atom stereocenters. The number of aliphatic carboxylic acids is 1. The molecule has 6 aromatic rings. The van der Waals surface area contributed by atoms with Gasteiger partial charge in [0, 0.05) is 26.6 Å². The maximum Gasteiger partial charge on any atom is 0.345 e. The van der Waals surface area contributed by atoms with Crippen LogP contribution >= 0.6 is 11.3 Å². The molecule has 0 aliphatic carbocycles. The van der Waals surface area contributed by atoms with Gasteiger partial charge in [-0.15, -0.1) is 11.3 Å². The number of rotatable bonds is 6. The quantitative estimate of drug-likeness (QED) is 0.266. The van der Waals surface area contributed by atoms with Gasteiger partial charge in [-0.1, -0.05) is 84.9 Å². The zero-order valence-corrected chi connectivity index (χ0v) is 19.7. The number of carboxylic acid groups (broad SMARTS) is 1. The Morgan fingerprint density at radius 2 is 1.46 bits per heavy atom. The summed E-state index contributed by atoms with van der Waals surface area (Å²) in [5.41, 5.74) is 3.21. The first-order valence-electron chi connectivity index (χ1n) is 11.5. The predicted molar refractivity (Wildman–Crippen MR) is 144 cm³/mol. The predicted octanol–water partition coefficient (Wildman–Crippen LogP) is 7.95. The van der Waals surface area contributed by atoms with Gasteiger partial charge in [-0.2, -0.15) is 0 Å². The molecule has 0 saturated heterocycles. The van der Waals surface area contributed by atoms with Crippen LogP contribution in [0.5, 0.6) is 5.75 Å². The average molecular weight is 475 g/mol. The lowest BCUT2D eigenvalue weighted by Gasteiger charge is -2.16. The normalized spacial score (nSPS) is 12.2. The van der Waals surface area contributed by atoms with Crippen LogP contribution in [0, 0.1) is 0 Å². The maximum absolute atomic E-state index is 11.9. The zero-order chi connectivity index (χ0) is 23.8. The molecule has 0 bridgehead atoms. The van der Waals surface area contributed by atoms with E-state index < -0.39 is 12.1 Å². The Morgan fingerprint density at radius 1 is 0.771 bits per heavy atom. The second-order valence-corrected chi connectivity index (χ2v) is 9.69. The summed E-state index contributed by atoms with van der Waals surface area (Å²) >= 11 is 1.81. The van der Waals surface area contributed by atoms with Crippen molar-refractivity contribution in [3.05, 3.63) is 115 Å². The second-order valence-electron chi connectivity index (χ2n) is 8.60. The molecule has 0 aliphatic heterocycles. The number of hydrogen-bond donors (Lipinski definition) is 1. The van der Waals surface area contributed by atoms with Crippen molar-refractivity contribution in [3.8, 4) is 16.9 Å². The van der Waals surface area contributed by atoms with Gasteiger partial charge in [0.05, 0.1) is 0 Å². The van der Waals surface area contributed by atoms with E-state index in [1.165, 1.54) is 36.5 Å². The molecule has 0 unspecified atom stereocenters. The first-order chi connectivity index (χ1) is 17.2. The van der Waals surface area contributed by atoms with E-state index in [2.05, 4.69) is 54.6 Å².